The molecule has 0 radical (unpaired) electrons. The summed E-state index contributed by atoms with van der Waals surface area (Å²) in [4.78, 5) is 68.6. The Morgan fingerprint density at radius 2 is 1.04 bits per heavy atom. The molecule has 0 heterocycles. The highest BCUT2D eigenvalue weighted by molar-refractivity contribution is 5.83. The van der Waals surface area contributed by atoms with E-state index in [9.17, 15) is 28.8 Å². The molecule has 14 nitrogen and oxygen atoms in total. The lowest BCUT2D eigenvalue weighted by Gasteiger charge is -2.30. The number of carbonyl (C=O) groups excluding carboxylic acids is 6. The second-order valence-corrected chi connectivity index (χ2v) is 11.6. The predicted octanol–water partition coefficient (Wildman–Crippen LogP) is 2.46. The number of rotatable bonds is 17. The molecule has 2 aliphatic carbocycles. The van der Waals surface area contributed by atoms with Gasteiger partial charge in [0, 0.05) is 37.4 Å². The van der Waals surface area contributed by atoms with E-state index in [1.807, 2.05) is 0 Å². The van der Waals surface area contributed by atoms with Crippen LogP contribution in [-0.4, -0.2) is 86.5 Å². The van der Waals surface area contributed by atoms with Crippen LogP contribution in [-0.2, 0) is 38.1 Å². The number of hydrogen-bond acceptors (Lipinski definition) is 10. The van der Waals surface area contributed by atoms with E-state index in [1.165, 1.54) is 25.7 Å². The van der Waals surface area contributed by atoms with Crippen molar-refractivity contribution in [1.29, 1.82) is 0 Å². The number of esters is 4. The van der Waals surface area contributed by atoms with Gasteiger partial charge in [0.1, 0.15) is 37.5 Å². The van der Waals surface area contributed by atoms with Crippen LogP contribution in [0.3, 0.4) is 0 Å². The molecule has 2 saturated carbocycles. The number of hydrogen-bond donors (Lipinski definition) is 4. The molecule has 0 aromatic heterocycles. The molecular weight excluding hydrogens is 600 g/mol. The summed E-state index contributed by atoms with van der Waals surface area (Å²) in [6, 6.07) is -0.834. The molecule has 0 spiro atoms. The first-order valence-electron chi connectivity index (χ1n) is 15.0. The smallest absolute Gasteiger partial charge is 0.330 e. The van der Waals surface area contributed by atoms with Gasteiger partial charge in [-0.25, -0.2) is 28.8 Å². The van der Waals surface area contributed by atoms with Crippen LogP contribution < -0.4 is 21.3 Å². The van der Waals surface area contributed by atoms with Crippen molar-refractivity contribution in [2.45, 2.75) is 57.5 Å². The topological polar surface area (TPSA) is 187 Å². The minimum Gasteiger partial charge on any atom is -0.460 e. The third-order valence-corrected chi connectivity index (χ3v) is 7.38. The van der Waals surface area contributed by atoms with Crippen LogP contribution in [0, 0.1) is 17.8 Å². The first-order chi connectivity index (χ1) is 21.7. The zero-order chi connectivity index (χ0) is 34.8. The SMILES string of the molecule is C=CC(=O)OCC(C)(COC(=O)C=C)NC(=O)NCC.C=CC(=O)OCC(C)(COC(=O)C=C)NC(=O)NCC1CC2CCC1C2. The standard InChI is InChI=1S/C19H28N2O5.C13H20N2O5/c1-4-16(22)25-11-19(3,12-26-17(23)5-2)21-18(24)20-10-15-9-13-6-7-14(15)8-13;1-5-10(16)19-8-13(4,9-20-11(17)6-2)15-12(18)14-7-3/h4-5,13-15H,1-2,6-12H2,3H3,(H2,20,21,24);5-6H,1-2,7-9H2,3-4H3,(H2,14,15,18). The van der Waals surface area contributed by atoms with Crippen molar-refractivity contribution in [2.24, 2.45) is 17.8 Å². The molecule has 4 N–H and O–H groups in total. The average molecular weight is 649 g/mol. The third-order valence-electron chi connectivity index (χ3n) is 7.38. The lowest BCUT2D eigenvalue weighted by Crippen LogP contribution is -2.56. The lowest BCUT2D eigenvalue weighted by atomic mass is 9.89. The Balaban J connectivity index is 0.000000479. The fourth-order valence-electron chi connectivity index (χ4n) is 5.03. The molecule has 0 saturated heterocycles. The molecule has 46 heavy (non-hydrogen) atoms. The summed E-state index contributed by atoms with van der Waals surface area (Å²) in [7, 11) is 0. The van der Waals surface area contributed by atoms with E-state index in [0.717, 1.165) is 30.2 Å². The predicted molar refractivity (Wildman–Crippen MR) is 169 cm³/mol. The molecule has 256 valence electrons. The van der Waals surface area contributed by atoms with Crippen LogP contribution in [0.1, 0.15) is 46.5 Å². The van der Waals surface area contributed by atoms with Gasteiger partial charge in [-0.2, -0.15) is 0 Å². The normalized spacial score (nSPS) is 17.8. The molecule has 2 rings (SSSR count). The highest BCUT2D eigenvalue weighted by atomic mass is 16.6. The number of carbonyl (C=O) groups is 6. The number of nitrogens with one attached hydrogen (secondary N) is 4. The van der Waals surface area contributed by atoms with Crippen LogP contribution in [0.2, 0.25) is 0 Å². The molecular formula is C32H48N4O10. The van der Waals surface area contributed by atoms with Crippen LogP contribution in [0.5, 0.6) is 0 Å². The maximum absolute atomic E-state index is 12.3. The van der Waals surface area contributed by atoms with Crippen molar-refractivity contribution in [2.75, 3.05) is 39.5 Å². The van der Waals surface area contributed by atoms with E-state index in [4.69, 9.17) is 18.9 Å². The van der Waals surface area contributed by atoms with Crippen LogP contribution in [0.15, 0.2) is 50.6 Å². The van der Waals surface area contributed by atoms with Crippen LogP contribution in [0.25, 0.3) is 0 Å². The molecule has 4 amide bonds. The molecule has 2 aliphatic rings. The molecule has 0 aliphatic heterocycles. The fourth-order valence-corrected chi connectivity index (χ4v) is 5.03. The zero-order valence-corrected chi connectivity index (χ0v) is 27.0. The van der Waals surface area contributed by atoms with Crippen molar-refractivity contribution in [1.82, 2.24) is 21.3 Å². The third kappa shape index (κ3) is 14.9. The molecule has 3 unspecified atom stereocenters. The van der Waals surface area contributed by atoms with E-state index in [1.54, 1.807) is 20.8 Å². The zero-order valence-electron chi connectivity index (χ0n) is 27.0. The van der Waals surface area contributed by atoms with Gasteiger partial charge in [0.15, 0.2) is 0 Å². The van der Waals surface area contributed by atoms with Crippen molar-refractivity contribution in [3.8, 4) is 0 Å². The molecule has 0 aromatic carbocycles. The van der Waals surface area contributed by atoms with Crippen molar-refractivity contribution >= 4 is 35.9 Å². The first-order valence-corrected chi connectivity index (χ1v) is 15.0. The number of fused-ring (bicyclic) bond motifs is 2. The van der Waals surface area contributed by atoms with Gasteiger partial charge < -0.3 is 40.2 Å². The first kappa shape index (κ1) is 39.4. The summed E-state index contributed by atoms with van der Waals surface area (Å²) in [5.74, 6) is -0.438. The van der Waals surface area contributed by atoms with Gasteiger partial charge >= 0.3 is 35.9 Å². The van der Waals surface area contributed by atoms with Crippen molar-refractivity contribution < 1.29 is 47.7 Å². The highest BCUT2D eigenvalue weighted by Crippen LogP contribution is 2.47. The largest absolute Gasteiger partial charge is 0.460 e. The fraction of sp³-hybridized carbons (Fsp3) is 0.562. The molecule has 14 heteroatoms. The second kappa shape index (κ2) is 19.7. The average Bonchev–Trinajstić information content (AvgIpc) is 3.67. The Hall–Kier alpha value is -4.62. The van der Waals surface area contributed by atoms with Gasteiger partial charge in [-0.15, -0.1) is 0 Å². The Labute approximate surface area is 270 Å². The van der Waals surface area contributed by atoms with E-state index in [2.05, 4.69) is 47.6 Å². The quantitative estimate of drug-likeness (QED) is 0.104. The number of ether oxygens (including phenoxy) is 4. The Kier molecular flexibility index (Phi) is 16.9. The van der Waals surface area contributed by atoms with E-state index < -0.39 is 41.0 Å². The Morgan fingerprint density at radius 3 is 1.35 bits per heavy atom. The van der Waals surface area contributed by atoms with Gasteiger partial charge in [-0.1, -0.05) is 32.7 Å². The summed E-state index contributed by atoms with van der Waals surface area (Å²) in [5.41, 5.74) is -2.12. The minimum atomic E-state index is -1.06. The van der Waals surface area contributed by atoms with Gasteiger partial charge in [0.2, 0.25) is 0 Å². The second-order valence-electron chi connectivity index (χ2n) is 11.6. The maximum Gasteiger partial charge on any atom is 0.330 e. The van der Waals surface area contributed by atoms with Gasteiger partial charge in [0.05, 0.1) is 0 Å². The molecule has 0 aromatic rings. The van der Waals surface area contributed by atoms with Gasteiger partial charge in [-0.3, -0.25) is 0 Å². The van der Waals surface area contributed by atoms with Crippen LogP contribution in [0.4, 0.5) is 9.59 Å². The summed E-state index contributed by atoms with van der Waals surface area (Å²) >= 11 is 0. The Morgan fingerprint density at radius 1 is 0.652 bits per heavy atom. The maximum atomic E-state index is 12.3. The van der Waals surface area contributed by atoms with Crippen molar-refractivity contribution in [3.63, 3.8) is 0 Å². The van der Waals surface area contributed by atoms with E-state index in [-0.39, 0.29) is 32.5 Å². The highest BCUT2D eigenvalue weighted by Gasteiger charge is 2.39. The Bertz CT molecular complexity index is 1090. The summed E-state index contributed by atoms with van der Waals surface area (Å²) in [6.45, 7) is 18.6. The number of amides is 4. The molecule has 3 atom stereocenters. The monoisotopic (exact) mass is 648 g/mol. The molecule has 2 bridgehead atoms. The van der Waals surface area contributed by atoms with Gasteiger partial charge in [-0.05, 0) is 57.8 Å². The minimum absolute atomic E-state index is 0.149. The summed E-state index contributed by atoms with van der Waals surface area (Å²) in [6.07, 6.45) is 9.10. The lowest BCUT2D eigenvalue weighted by molar-refractivity contribution is -0.145. The van der Waals surface area contributed by atoms with Crippen molar-refractivity contribution in [3.05, 3.63) is 50.6 Å². The molecule has 2 fully saturated rings. The van der Waals surface area contributed by atoms with Crippen LogP contribution >= 0.6 is 0 Å². The van der Waals surface area contributed by atoms with Gasteiger partial charge in [0.25, 0.3) is 0 Å². The summed E-state index contributed by atoms with van der Waals surface area (Å²) < 4.78 is 19.8. The van der Waals surface area contributed by atoms with E-state index >= 15 is 0 Å². The van der Waals surface area contributed by atoms with E-state index in [0.29, 0.717) is 24.9 Å². The number of urea groups is 2. The summed E-state index contributed by atoms with van der Waals surface area (Å²) in [5, 5.41) is 10.8.